The molecule has 0 aliphatic carbocycles. The number of carbonyl (C=O) groups is 1. The van der Waals surface area contributed by atoms with Gasteiger partial charge in [-0.15, -0.1) is 0 Å². The Kier molecular flexibility index (Phi) is 4.76. The van der Waals surface area contributed by atoms with Crippen molar-refractivity contribution in [2.24, 2.45) is 0 Å². The zero-order chi connectivity index (χ0) is 17.4. The Morgan fingerprint density at radius 3 is 2.48 bits per heavy atom. The number of urea groups is 1. The zero-order valence-corrected chi connectivity index (χ0v) is 15.2. The number of nitrogens with one attached hydrogen (secondary N) is 2. The van der Waals surface area contributed by atoms with E-state index < -0.39 is 0 Å². The summed E-state index contributed by atoms with van der Waals surface area (Å²) in [6.45, 7) is 14.5. The van der Waals surface area contributed by atoms with Gasteiger partial charge in [0.05, 0.1) is 22.9 Å². The number of rotatable bonds is 4. The van der Waals surface area contributed by atoms with Crippen LogP contribution in [-0.2, 0) is 4.74 Å². The number of ether oxygens (including phenoxy) is 1. The molecule has 130 valence electrons. The molecule has 1 fully saturated rings. The maximum atomic E-state index is 12.2. The van der Waals surface area contributed by atoms with Gasteiger partial charge in [-0.3, -0.25) is 0 Å². The lowest BCUT2D eigenvalue weighted by atomic mass is 9.94. The van der Waals surface area contributed by atoms with Gasteiger partial charge in [-0.25, -0.2) is 4.79 Å². The Balaban J connectivity index is 1.89. The van der Waals surface area contributed by atoms with Gasteiger partial charge in [0.1, 0.15) is 5.76 Å². The van der Waals surface area contributed by atoms with Crippen LogP contribution in [0.4, 0.5) is 4.79 Å². The van der Waals surface area contributed by atoms with E-state index in [0.29, 0.717) is 6.54 Å². The Bertz CT molecular complexity index is 558. The zero-order valence-electron chi connectivity index (χ0n) is 15.2. The van der Waals surface area contributed by atoms with Gasteiger partial charge >= 0.3 is 6.03 Å². The highest BCUT2D eigenvalue weighted by atomic mass is 16.5. The predicted molar refractivity (Wildman–Crippen MR) is 88.6 cm³/mol. The molecule has 2 heterocycles. The second kappa shape index (κ2) is 6.15. The molecule has 6 nitrogen and oxygen atoms in total. The van der Waals surface area contributed by atoms with Crippen LogP contribution in [0.15, 0.2) is 4.52 Å². The maximum Gasteiger partial charge on any atom is 0.315 e. The van der Waals surface area contributed by atoms with E-state index in [1.54, 1.807) is 0 Å². The van der Waals surface area contributed by atoms with Crippen molar-refractivity contribution in [1.29, 1.82) is 0 Å². The fourth-order valence-corrected chi connectivity index (χ4v) is 3.54. The highest BCUT2D eigenvalue weighted by Gasteiger charge is 2.46. The minimum Gasteiger partial charge on any atom is -0.367 e. The molecule has 2 amide bonds. The van der Waals surface area contributed by atoms with E-state index in [2.05, 4.69) is 22.7 Å². The predicted octanol–water partition coefficient (Wildman–Crippen LogP) is 3.04. The standard InChI is InChI=1S/C17H29N3O3/c1-10(14-11(2)20-22-12(14)3)9-18-15(21)19-13-8-16(4,5)23-17(13,6)7/h10,13H,8-9H2,1-7H3,(H2,18,19,21). The fraction of sp³-hybridized carbons (Fsp3) is 0.765. The van der Waals surface area contributed by atoms with E-state index in [9.17, 15) is 4.79 Å². The van der Waals surface area contributed by atoms with E-state index in [1.807, 2.05) is 41.5 Å². The number of nitrogens with zero attached hydrogens (tertiary/aromatic N) is 1. The molecule has 1 saturated heterocycles. The molecule has 0 radical (unpaired) electrons. The maximum absolute atomic E-state index is 12.2. The second-order valence-electron chi connectivity index (χ2n) is 7.72. The third-order valence-electron chi connectivity index (χ3n) is 4.53. The van der Waals surface area contributed by atoms with Crippen LogP contribution in [0.3, 0.4) is 0 Å². The van der Waals surface area contributed by atoms with Crippen LogP contribution in [-0.4, -0.2) is 35.0 Å². The quantitative estimate of drug-likeness (QED) is 0.893. The summed E-state index contributed by atoms with van der Waals surface area (Å²) in [6, 6.07) is -0.171. The summed E-state index contributed by atoms with van der Waals surface area (Å²) in [5.74, 6) is 0.959. The Labute approximate surface area is 138 Å². The van der Waals surface area contributed by atoms with E-state index in [1.165, 1.54) is 0 Å². The minimum atomic E-state index is -0.367. The lowest BCUT2D eigenvalue weighted by molar-refractivity contribution is -0.0690. The summed E-state index contributed by atoms with van der Waals surface area (Å²) in [6.07, 6.45) is 0.798. The molecule has 2 atom stereocenters. The Morgan fingerprint density at radius 1 is 1.35 bits per heavy atom. The van der Waals surface area contributed by atoms with Gasteiger partial charge < -0.3 is 19.9 Å². The van der Waals surface area contributed by atoms with Crippen molar-refractivity contribution in [3.05, 3.63) is 17.0 Å². The average Bonchev–Trinajstić information content (AvgIpc) is 2.83. The van der Waals surface area contributed by atoms with Crippen LogP contribution in [0.5, 0.6) is 0 Å². The van der Waals surface area contributed by atoms with Gasteiger partial charge in [0, 0.05) is 18.0 Å². The first-order valence-electron chi connectivity index (χ1n) is 8.19. The number of amides is 2. The van der Waals surface area contributed by atoms with E-state index >= 15 is 0 Å². The molecule has 0 bridgehead atoms. The lowest BCUT2D eigenvalue weighted by Crippen LogP contribution is -2.50. The van der Waals surface area contributed by atoms with E-state index in [-0.39, 0.29) is 29.2 Å². The molecule has 1 aliphatic rings. The molecular weight excluding hydrogens is 294 g/mol. The van der Waals surface area contributed by atoms with Crippen molar-refractivity contribution in [2.75, 3.05) is 6.54 Å². The number of aromatic nitrogens is 1. The molecule has 0 aromatic carbocycles. The van der Waals surface area contributed by atoms with E-state index in [0.717, 1.165) is 23.4 Å². The molecule has 2 N–H and O–H groups in total. The molecule has 1 aliphatic heterocycles. The molecule has 2 unspecified atom stereocenters. The molecule has 1 aromatic rings. The summed E-state index contributed by atoms with van der Waals surface area (Å²) in [5.41, 5.74) is 1.36. The van der Waals surface area contributed by atoms with Crippen molar-refractivity contribution in [3.8, 4) is 0 Å². The molecule has 23 heavy (non-hydrogen) atoms. The van der Waals surface area contributed by atoms with Crippen LogP contribution in [0, 0.1) is 13.8 Å². The molecule has 0 spiro atoms. The topological polar surface area (TPSA) is 76.4 Å². The van der Waals surface area contributed by atoms with Gasteiger partial charge in [0.2, 0.25) is 0 Å². The van der Waals surface area contributed by atoms with Crippen LogP contribution < -0.4 is 10.6 Å². The summed E-state index contributed by atoms with van der Waals surface area (Å²) in [4.78, 5) is 12.2. The van der Waals surface area contributed by atoms with Crippen molar-refractivity contribution in [2.45, 2.75) is 78.0 Å². The van der Waals surface area contributed by atoms with Crippen molar-refractivity contribution < 1.29 is 14.1 Å². The molecular formula is C17H29N3O3. The highest BCUT2D eigenvalue weighted by Crippen LogP contribution is 2.37. The number of hydrogen-bond donors (Lipinski definition) is 2. The lowest BCUT2D eigenvalue weighted by Gasteiger charge is -2.27. The minimum absolute atomic E-state index is 0.00753. The van der Waals surface area contributed by atoms with Gasteiger partial charge in [-0.2, -0.15) is 0 Å². The summed E-state index contributed by atoms with van der Waals surface area (Å²) < 4.78 is 11.2. The fourth-order valence-electron chi connectivity index (χ4n) is 3.54. The van der Waals surface area contributed by atoms with Gasteiger partial charge in [0.15, 0.2) is 0 Å². The van der Waals surface area contributed by atoms with Crippen LogP contribution in [0.2, 0.25) is 0 Å². The molecule has 6 heteroatoms. The number of hydrogen-bond acceptors (Lipinski definition) is 4. The molecule has 1 aromatic heterocycles. The highest BCUT2D eigenvalue weighted by molar-refractivity contribution is 5.74. The van der Waals surface area contributed by atoms with Crippen molar-refractivity contribution in [1.82, 2.24) is 15.8 Å². The van der Waals surface area contributed by atoms with Crippen LogP contribution in [0.25, 0.3) is 0 Å². The summed E-state index contributed by atoms with van der Waals surface area (Å²) >= 11 is 0. The first-order chi connectivity index (χ1) is 10.5. The summed E-state index contributed by atoms with van der Waals surface area (Å²) in [7, 11) is 0. The Hall–Kier alpha value is -1.56. The largest absolute Gasteiger partial charge is 0.367 e. The Morgan fingerprint density at radius 2 is 2.00 bits per heavy atom. The van der Waals surface area contributed by atoms with Crippen molar-refractivity contribution in [3.63, 3.8) is 0 Å². The van der Waals surface area contributed by atoms with Crippen LogP contribution >= 0.6 is 0 Å². The normalized spacial score (nSPS) is 23.5. The van der Waals surface area contributed by atoms with Gasteiger partial charge in [-0.05, 0) is 48.0 Å². The number of aryl methyl sites for hydroxylation is 2. The van der Waals surface area contributed by atoms with Crippen molar-refractivity contribution >= 4 is 6.03 Å². The van der Waals surface area contributed by atoms with Gasteiger partial charge in [-0.1, -0.05) is 12.1 Å². The first-order valence-corrected chi connectivity index (χ1v) is 8.19. The first kappa shape index (κ1) is 17.8. The molecule has 2 rings (SSSR count). The number of carbonyl (C=O) groups excluding carboxylic acids is 1. The third-order valence-corrected chi connectivity index (χ3v) is 4.53. The average molecular weight is 323 g/mol. The summed E-state index contributed by atoms with van der Waals surface area (Å²) in [5, 5.41) is 9.95. The monoisotopic (exact) mass is 323 g/mol. The smallest absolute Gasteiger partial charge is 0.315 e. The SMILES string of the molecule is Cc1noc(C)c1C(C)CNC(=O)NC1CC(C)(C)OC1(C)C. The molecule has 0 saturated carbocycles. The van der Waals surface area contributed by atoms with Crippen LogP contribution in [0.1, 0.15) is 64.0 Å². The van der Waals surface area contributed by atoms with Gasteiger partial charge in [0.25, 0.3) is 0 Å². The second-order valence-corrected chi connectivity index (χ2v) is 7.72. The van der Waals surface area contributed by atoms with E-state index in [4.69, 9.17) is 9.26 Å². The third kappa shape index (κ3) is 4.05.